The van der Waals surface area contributed by atoms with Crippen LogP contribution in [0.2, 0.25) is 0 Å². The van der Waals surface area contributed by atoms with Gasteiger partial charge in [0.15, 0.2) is 0 Å². The number of aromatic nitrogens is 2. The lowest BCUT2D eigenvalue weighted by Gasteiger charge is -2.33. The van der Waals surface area contributed by atoms with Crippen molar-refractivity contribution in [2.75, 3.05) is 18.0 Å². The first kappa shape index (κ1) is 16.0. The number of imidazole rings is 1. The molecule has 0 saturated carbocycles. The van der Waals surface area contributed by atoms with E-state index in [0.717, 1.165) is 30.3 Å². The van der Waals surface area contributed by atoms with Crippen molar-refractivity contribution in [3.05, 3.63) is 51.6 Å². The first-order valence-corrected chi connectivity index (χ1v) is 7.74. The van der Waals surface area contributed by atoms with Gasteiger partial charge in [0, 0.05) is 30.8 Å². The summed E-state index contributed by atoms with van der Waals surface area (Å²) < 4.78 is 0. The maximum absolute atomic E-state index is 11.3. The Bertz CT molecular complexity index is 778. The minimum absolute atomic E-state index is 0.0764. The number of aromatic amines is 1. The van der Waals surface area contributed by atoms with E-state index in [1.54, 1.807) is 6.33 Å². The SMILES string of the molecule is Cc1[nH]cnc1C1CCN(c2ccc(C(=O)O)cc2[N+](=O)[O-])CC1. The van der Waals surface area contributed by atoms with Gasteiger partial charge in [-0.3, -0.25) is 10.1 Å². The van der Waals surface area contributed by atoms with Crippen molar-refractivity contribution >= 4 is 17.3 Å². The second-order valence-corrected chi connectivity index (χ2v) is 5.94. The largest absolute Gasteiger partial charge is 0.478 e. The van der Waals surface area contributed by atoms with Crippen LogP contribution >= 0.6 is 0 Å². The molecule has 8 nitrogen and oxygen atoms in total. The molecule has 0 atom stereocenters. The van der Waals surface area contributed by atoms with Crippen LogP contribution in [-0.4, -0.2) is 39.1 Å². The number of carbonyl (C=O) groups is 1. The number of hydrogen-bond donors (Lipinski definition) is 2. The molecular formula is C16H18N4O4. The molecule has 0 aliphatic carbocycles. The van der Waals surface area contributed by atoms with Crippen LogP contribution in [0.5, 0.6) is 0 Å². The van der Waals surface area contributed by atoms with Crippen LogP contribution < -0.4 is 4.90 Å². The van der Waals surface area contributed by atoms with Crippen molar-refractivity contribution in [1.82, 2.24) is 9.97 Å². The van der Waals surface area contributed by atoms with Gasteiger partial charge in [0.1, 0.15) is 5.69 Å². The molecule has 1 aliphatic rings. The smallest absolute Gasteiger partial charge is 0.335 e. The van der Waals surface area contributed by atoms with Crippen molar-refractivity contribution < 1.29 is 14.8 Å². The molecule has 24 heavy (non-hydrogen) atoms. The Morgan fingerprint density at radius 1 is 1.42 bits per heavy atom. The Balaban J connectivity index is 1.80. The highest BCUT2D eigenvalue weighted by Gasteiger charge is 2.27. The summed E-state index contributed by atoms with van der Waals surface area (Å²) in [6, 6.07) is 4.07. The Labute approximate surface area is 138 Å². The number of carboxylic acid groups (broad SMARTS) is 1. The summed E-state index contributed by atoms with van der Waals surface area (Å²) in [6.07, 6.45) is 3.39. The minimum Gasteiger partial charge on any atom is -0.478 e. The number of piperidine rings is 1. The molecule has 2 N–H and O–H groups in total. The predicted molar refractivity (Wildman–Crippen MR) is 87.6 cm³/mol. The zero-order chi connectivity index (χ0) is 17.3. The van der Waals surface area contributed by atoms with E-state index in [9.17, 15) is 14.9 Å². The Kier molecular flexibility index (Phi) is 4.20. The molecule has 0 amide bonds. The van der Waals surface area contributed by atoms with Crippen molar-refractivity contribution in [2.24, 2.45) is 0 Å². The third-order valence-electron chi connectivity index (χ3n) is 4.51. The molecule has 0 spiro atoms. The van der Waals surface area contributed by atoms with Gasteiger partial charge in [0.2, 0.25) is 0 Å². The first-order chi connectivity index (χ1) is 11.5. The molecule has 1 aromatic carbocycles. The second-order valence-electron chi connectivity index (χ2n) is 5.94. The fourth-order valence-corrected chi connectivity index (χ4v) is 3.24. The quantitative estimate of drug-likeness (QED) is 0.658. The van der Waals surface area contributed by atoms with E-state index in [1.165, 1.54) is 12.1 Å². The number of hydrogen-bond acceptors (Lipinski definition) is 5. The van der Waals surface area contributed by atoms with E-state index in [-0.39, 0.29) is 11.3 Å². The van der Waals surface area contributed by atoms with Gasteiger partial charge < -0.3 is 15.0 Å². The van der Waals surface area contributed by atoms with Crippen molar-refractivity contribution in [2.45, 2.75) is 25.7 Å². The van der Waals surface area contributed by atoms with Crippen LogP contribution in [0.4, 0.5) is 11.4 Å². The molecule has 8 heteroatoms. The zero-order valence-electron chi connectivity index (χ0n) is 13.2. The van der Waals surface area contributed by atoms with E-state index in [4.69, 9.17) is 5.11 Å². The molecule has 0 bridgehead atoms. The molecule has 1 saturated heterocycles. The lowest BCUT2D eigenvalue weighted by Crippen LogP contribution is -2.33. The maximum Gasteiger partial charge on any atom is 0.335 e. The number of nitro benzene ring substituents is 1. The third-order valence-corrected chi connectivity index (χ3v) is 4.51. The van der Waals surface area contributed by atoms with Gasteiger partial charge in [-0.2, -0.15) is 0 Å². The van der Waals surface area contributed by atoms with Crippen LogP contribution in [-0.2, 0) is 0 Å². The Morgan fingerprint density at radius 2 is 2.12 bits per heavy atom. The van der Waals surface area contributed by atoms with Gasteiger partial charge >= 0.3 is 5.97 Å². The van der Waals surface area contributed by atoms with E-state index >= 15 is 0 Å². The number of nitro groups is 1. The second kappa shape index (κ2) is 6.31. The van der Waals surface area contributed by atoms with Crippen LogP contribution in [0.15, 0.2) is 24.5 Å². The normalized spacial score (nSPS) is 15.5. The lowest BCUT2D eigenvalue weighted by atomic mass is 9.92. The summed E-state index contributed by atoms with van der Waals surface area (Å²) in [6.45, 7) is 3.33. The minimum atomic E-state index is -1.17. The summed E-state index contributed by atoms with van der Waals surface area (Å²) >= 11 is 0. The molecule has 0 unspecified atom stereocenters. The summed E-state index contributed by atoms with van der Waals surface area (Å²) in [5, 5.41) is 20.3. The van der Waals surface area contributed by atoms with Gasteiger partial charge in [-0.05, 0) is 31.9 Å². The summed E-state index contributed by atoms with van der Waals surface area (Å²) in [7, 11) is 0. The van der Waals surface area contributed by atoms with Gasteiger partial charge in [0.05, 0.1) is 22.5 Å². The highest BCUT2D eigenvalue weighted by Crippen LogP contribution is 2.35. The molecule has 1 fully saturated rings. The van der Waals surface area contributed by atoms with Crippen LogP contribution in [0.25, 0.3) is 0 Å². The van der Waals surface area contributed by atoms with Gasteiger partial charge in [0.25, 0.3) is 5.69 Å². The molecule has 3 rings (SSSR count). The zero-order valence-corrected chi connectivity index (χ0v) is 13.2. The number of benzene rings is 1. The van der Waals surface area contributed by atoms with Gasteiger partial charge in [-0.1, -0.05) is 0 Å². The van der Waals surface area contributed by atoms with Gasteiger partial charge in [-0.25, -0.2) is 9.78 Å². The molecule has 1 aliphatic heterocycles. The fourth-order valence-electron chi connectivity index (χ4n) is 3.24. The number of aryl methyl sites for hydroxylation is 1. The molecular weight excluding hydrogens is 312 g/mol. The number of carboxylic acids is 1. The van der Waals surface area contributed by atoms with Crippen LogP contribution in [0.3, 0.4) is 0 Å². The van der Waals surface area contributed by atoms with E-state index < -0.39 is 10.9 Å². The number of aromatic carboxylic acids is 1. The highest BCUT2D eigenvalue weighted by molar-refractivity contribution is 5.89. The number of rotatable bonds is 4. The van der Waals surface area contributed by atoms with Crippen molar-refractivity contribution in [3.63, 3.8) is 0 Å². The average Bonchev–Trinajstić information content (AvgIpc) is 3.00. The van der Waals surface area contributed by atoms with E-state index in [1.807, 2.05) is 11.8 Å². The average molecular weight is 330 g/mol. The number of H-pyrrole nitrogens is 1. The fraction of sp³-hybridized carbons (Fsp3) is 0.375. The van der Waals surface area contributed by atoms with E-state index in [0.29, 0.717) is 24.7 Å². The monoisotopic (exact) mass is 330 g/mol. The molecule has 1 aromatic heterocycles. The topological polar surface area (TPSA) is 112 Å². The number of nitrogens with zero attached hydrogens (tertiary/aromatic N) is 3. The molecule has 2 heterocycles. The maximum atomic E-state index is 11.3. The predicted octanol–water partition coefficient (Wildman–Crippen LogP) is 2.71. The number of nitrogens with one attached hydrogen (secondary N) is 1. The summed E-state index contributed by atoms with van der Waals surface area (Å²) in [5.74, 6) is -0.831. The molecule has 126 valence electrons. The number of anilines is 1. The molecule has 0 radical (unpaired) electrons. The standard InChI is InChI=1S/C16H18N4O4/c1-10-15(18-9-17-10)11-4-6-19(7-5-11)13-3-2-12(16(21)22)8-14(13)20(23)24/h2-3,8-9,11H,4-7H2,1H3,(H,17,18)(H,21,22). The van der Waals surface area contributed by atoms with Crippen molar-refractivity contribution in [3.8, 4) is 0 Å². The Morgan fingerprint density at radius 3 is 2.67 bits per heavy atom. The summed E-state index contributed by atoms with van der Waals surface area (Å²) in [5.41, 5.74) is 2.36. The van der Waals surface area contributed by atoms with Crippen LogP contribution in [0, 0.1) is 17.0 Å². The lowest BCUT2D eigenvalue weighted by molar-refractivity contribution is -0.384. The summed E-state index contributed by atoms with van der Waals surface area (Å²) in [4.78, 5) is 31.2. The van der Waals surface area contributed by atoms with Crippen LogP contribution in [0.1, 0.15) is 40.5 Å². The Hall–Kier alpha value is -2.90. The van der Waals surface area contributed by atoms with Crippen molar-refractivity contribution in [1.29, 1.82) is 0 Å². The first-order valence-electron chi connectivity index (χ1n) is 7.74. The third kappa shape index (κ3) is 2.94. The highest BCUT2D eigenvalue weighted by atomic mass is 16.6. The van der Waals surface area contributed by atoms with E-state index in [2.05, 4.69) is 9.97 Å². The molecule has 2 aromatic rings. The van der Waals surface area contributed by atoms with Gasteiger partial charge in [-0.15, -0.1) is 0 Å².